The van der Waals surface area contributed by atoms with Gasteiger partial charge in [0.15, 0.2) is 0 Å². The van der Waals surface area contributed by atoms with Gasteiger partial charge in [-0.2, -0.15) is 0 Å². The summed E-state index contributed by atoms with van der Waals surface area (Å²) >= 11 is 0. The van der Waals surface area contributed by atoms with Gasteiger partial charge in [0.1, 0.15) is 5.75 Å². The van der Waals surface area contributed by atoms with Crippen molar-refractivity contribution in [2.45, 2.75) is 12.8 Å². The molecule has 0 saturated heterocycles. The topological polar surface area (TPSA) is 55.4 Å². The van der Waals surface area contributed by atoms with Gasteiger partial charge in [-0.25, -0.2) is 8.42 Å². The van der Waals surface area contributed by atoms with E-state index in [1.165, 1.54) is 0 Å². The molecule has 112 valence electrons. The summed E-state index contributed by atoms with van der Waals surface area (Å²) in [7, 11) is -1.74. The van der Waals surface area contributed by atoms with Crippen LogP contribution in [0.3, 0.4) is 0 Å². The van der Waals surface area contributed by atoms with Crippen LogP contribution in [-0.4, -0.2) is 21.3 Å². The lowest BCUT2D eigenvalue weighted by Crippen LogP contribution is -2.17. The molecular formula is C16H19NO3S. The van der Waals surface area contributed by atoms with E-state index in [4.69, 9.17) is 4.74 Å². The fourth-order valence-corrected chi connectivity index (χ4v) is 3.12. The van der Waals surface area contributed by atoms with Crippen molar-refractivity contribution in [1.82, 2.24) is 0 Å². The summed E-state index contributed by atoms with van der Waals surface area (Å²) in [5, 5.41) is 0. The van der Waals surface area contributed by atoms with E-state index in [2.05, 4.69) is 4.72 Å². The van der Waals surface area contributed by atoms with Crippen molar-refractivity contribution in [3.63, 3.8) is 0 Å². The number of methoxy groups -OCH3 is 1. The van der Waals surface area contributed by atoms with Crippen LogP contribution in [0.2, 0.25) is 0 Å². The Morgan fingerprint density at radius 3 is 2.29 bits per heavy atom. The zero-order valence-electron chi connectivity index (χ0n) is 12.0. The lowest BCUT2D eigenvalue weighted by Gasteiger charge is -2.08. The minimum Gasteiger partial charge on any atom is -0.497 e. The van der Waals surface area contributed by atoms with Gasteiger partial charge in [-0.15, -0.1) is 0 Å². The summed E-state index contributed by atoms with van der Waals surface area (Å²) in [4.78, 5) is 0. The highest BCUT2D eigenvalue weighted by molar-refractivity contribution is 7.92. The lowest BCUT2D eigenvalue weighted by molar-refractivity contribution is 0.415. The van der Waals surface area contributed by atoms with Crippen LogP contribution in [0.5, 0.6) is 5.75 Å². The van der Waals surface area contributed by atoms with Gasteiger partial charge in [-0.3, -0.25) is 4.72 Å². The standard InChI is InChI=1S/C16H19NO3S/c1-20-16-11-9-15(10-12-16)17-21(18,19)13-5-8-14-6-3-2-4-7-14/h2-4,6-7,9-12,17H,5,8,13H2,1H3. The lowest BCUT2D eigenvalue weighted by atomic mass is 10.1. The smallest absolute Gasteiger partial charge is 0.232 e. The van der Waals surface area contributed by atoms with Crippen LogP contribution < -0.4 is 9.46 Å². The number of rotatable bonds is 7. The van der Waals surface area contributed by atoms with Crippen LogP contribution in [0.25, 0.3) is 0 Å². The van der Waals surface area contributed by atoms with E-state index in [0.717, 1.165) is 12.0 Å². The maximum Gasteiger partial charge on any atom is 0.232 e. The molecule has 0 unspecified atom stereocenters. The molecule has 0 heterocycles. The predicted molar refractivity (Wildman–Crippen MR) is 85.2 cm³/mol. The van der Waals surface area contributed by atoms with E-state index >= 15 is 0 Å². The molecule has 2 aromatic rings. The first kappa shape index (κ1) is 15.4. The molecule has 0 aliphatic heterocycles. The average molecular weight is 305 g/mol. The molecule has 0 aliphatic carbocycles. The zero-order valence-corrected chi connectivity index (χ0v) is 12.8. The molecule has 5 heteroatoms. The summed E-state index contributed by atoms with van der Waals surface area (Å²) in [6, 6.07) is 16.7. The van der Waals surface area contributed by atoms with Gasteiger partial charge < -0.3 is 4.74 Å². The van der Waals surface area contributed by atoms with Gasteiger partial charge >= 0.3 is 0 Å². The van der Waals surface area contributed by atoms with Crippen molar-refractivity contribution >= 4 is 15.7 Å². The quantitative estimate of drug-likeness (QED) is 0.855. The molecule has 0 radical (unpaired) electrons. The number of anilines is 1. The molecule has 0 atom stereocenters. The Morgan fingerprint density at radius 2 is 1.67 bits per heavy atom. The van der Waals surface area contributed by atoms with Crippen LogP contribution in [-0.2, 0) is 16.4 Å². The van der Waals surface area contributed by atoms with Crippen LogP contribution in [0.15, 0.2) is 54.6 Å². The van der Waals surface area contributed by atoms with Crippen molar-refractivity contribution in [3.05, 3.63) is 60.2 Å². The van der Waals surface area contributed by atoms with Crippen molar-refractivity contribution in [2.24, 2.45) is 0 Å². The highest BCUT2D eigenvalue weighted by atomic mass is 32.2. The largest absolute Gasteiger partial charge is 0.497 e. The summed E-state index contributed by atoms with van der Waals surface area (Å²) in [5.41, 5.74) is 1.70. The molecule has 21 heavy (non-hydrogen) atoms. The van der Waals surface area contributed by atoms with Gasteiger partial charge in [0.2, 0.25) is 10.0 Å². The van der Waals surface area contributed by atoms with E-state index in [0.29, 0.717) is 17.9 Å². The summed E-state index contributed by atoms with van der Waals surface area (Å²) < 4.78 is 31.6. The Balaban J connectivity index is 1.86. The van der Waals surface area contributed by atoms with E-state index < -0.39 is 10.0 Å². The molecule has 0 aromatic heterocycles. The van der Waals surface area contributed by atoms with Crippen LogP contribution in [0.4, 0.5) is 5.69 Å². The third kappa shape index (κ3) is 5.11. The Hall–Kier alpha value is -2.01. The van der Waals surface area contributed by atoms with Crippen molar-refractivity contribution in [2.75, 3.05) is 17.6 Å². The molecule has 0 aliphatic rings. The van der Waals surface area contributed by atoms with E-state index in [1.807, 2.05) is 30.3 Å². The van der Waals surface area contributed by atoms with Crippen molar-refractivity contribution in [3.8, 4) is 5.75 Å². The van der Waals surface area contributed by atoms with E-state index in [-0.39, 0.29) is 5.75 Å². The second-order valence-corrected chi connectivity index (χ2v) is 6.58. The Bertz CT molecular complexity index is 652. The molecule has 1 N–H and O–H groups in total. The fraction of sp³-hybridized carbons (Fsp3) is 0.250. The van der Waals surface area contributed by atoms with Crippen LogP contribution in [0, 0.1) is 0 Å². The van der Waals surface area contributed by atoms with Crippen molar-refractivity contribution < 1.29 is 13.2 Å². The summed E-state index contributed by atoms with van der Waals surface area (Å²) in [5.74, 6) is 0.801. The second-order valence-electron chi connectivity index (χ2n) is 4.74. The maximum absolute atomic E-state index is 12.0. The van der Waals surface area contributed by atoms with E-state index in [9.17, 15) is 8.42 Å². The molecule has 2 aromatic carbocycles. The molecule has 0 saturated carbocycles. The third-order valence-electron chi connectivity index (χ3n) is 3.08. The van der Waals surface area contributed by atoms with Crippen LogP contribution >= 0.6 is 0 Å². The highest BCUT2D eigenvalue weighted by Crippen LogP contribution is 2.16. The molecule has 0 fully saturated rings. The zero-order chi connectivity index (χ0) is 15.1. The number of sulfonamides is 1. The number of hydrogen-bond acceptors (Lipinski definition) is 3. The maximum atomic E-state index is 12.0. The Kier molecular flexibility index (Phi) is 5.22. The first-order chi connectivity index (χ1) is 10.1. The number of nitrogens with one attached hydrogen (secondary N) is 1. The van der Waals surface area contributed by atoms with Gasteiger partial charge in [-0.1, -0.05) is 30.3 Å². The summed E-state index contributed by atoms with van der Waals surface area (Å²) in [6.07, 6.45) is 1.35. The molecule has 4 nitrogen and oxygen atoms in total. The van der Waals surface area contributed by atoms with Gasteiger partial charge in [-0.05, 0) is 42.7 Å². The normalized spacial score (nSPS) is 11.1. The Labute approximate surface area is 125 Å². The molecule has 0 amide bonds. The predicted octanol–water partition coefficient (Wildman–Crippen LogP) is 3.07. The monoisotopic (exact) mass is 305 g/mol. The number of benzene rings is 2. The van der Waals surface area contributed by atoms with Gasteiger partial charge in [0.05, 0.1) is 12.9 Å². The highest BCUT2D eigenvalue weighted by Gasteiger charge is 2.10. The first-order valence-corrected chi connectivity index (χ1v) is 8.43. The molecule has 0 spiro atoms. The SMILES string of the molecule is COc1ccc(NS(=O)(=O)CCCc2ccccc2)cc1. The van der Waals surface area contributed by atoms with Crippen LogP contribution in [0.1, 0.15) is 12.0 Å². The van der Waals surface area contributed by atoms with Gasteiger partial charge in [0.25, 0.3) is 0 Å². The van der Waals surface area contributed by atoms with Gasteiger partial charge in [0, 0.05) is 5.69 Å². The number of ether oxygens (including phenoxy) is 1. The molecule has 0 bridgehead atoms. The second kappa shape index (κ2) is 7.13. The fourth-order valence-electron chi connectivity index (χ4n) is 2.00. The van der Waals surface area contributed by atoms with E-state index in [1.54, 1.807) is 31.4 Å². The Morgan fingerprint density at radius 1 is 1.00 bits per heavy atom. The first-order valence-electron chi connectivity index (χ1n) is 6.77. The third-order valence-corrected chi connectivity index (χ3v) is 4.46. The number of aryl methyl sites for hydroxylation is 1. The average Bonchev–Trinajstić information content (AvgIpc) is 2.48. The minimum absolute atomic E-state index is 0.105. The molecule has 2 rings (SSSR count). The molecular weight excluding hydrogens is 286 g/mol. The van der Waals surface area contributed by atoms with Crippen molar-refractivity contribution in [1.29, 1.82) is 0 Å². The number of hydrogen-bond donors (Lipinski definition) is 1. The summed E-state index contributed by atoms with van der Waals surface area (Å²) in [6.45, 7) is 0. The minimum atomic E-state index is -3.32.